The van der Waals surface area contributed by atoms with Gasteiger partial charge >= 0.3 is 19.5 Å². The lowest BCUT2D eigenvalue weighted by atomic mass is 10.3. The van der Waals surface area contributed by atoms with Crippen molar-refractivity contribution in [2.24, 2.45) is 0 Å². The van der Waals surface area contributed by atoms with Crippen molar-refractivity contribution < 1.29 is 37.8 Å². The molecule has 0 aliphatic rings. The number of imidazole rings is 1. The van der Waals surface area contributed by atoms with Crippen LogP contribution in [0.4, 0.5) is 5.82 Å². The summed E-state index contributed by atoms with van der Waals surface area (Å²) in [5.74, 6) is -2.03. The van der Waals surface area contributed by atoms with E-state index in [2.05, 4.69) is 15.0 Å². The van der Waals surface area contributed by atoms with Crippen molar-refractivity contribution in [3.05, 3.63) is 12.7 Å². The van der Waals surface area contributed by atoms with Gasteiger partial charge in [-0.3, -0.25) is 9.09 Å². The van der Waals surface area contributed by atoms with E-state index in [4.69, 9.17) is 24.5 Å². The van der Waals surface area contributed by atoms with Crippen LogP contribution in [0.5, 0.6) is 0 Å². The maximum atomic E-state index is 12.5. The molecule has 0 aliphatic heterocycles. The second-order valence-electron chi connectivity index (χ2n) is 7.53. The van der Waals surface area contributed by atoms with Gasteiger partial charge in [0.1, 0.15) is 18.2 Å². The standard InChI is InChI=1S/C18H28N5O8P/c1-10(2)29-17(24)14(18(25)30-11(3)4)31-32(26,27)9-28-12(5)6-23-8-22-13-15(19)20-7-21-16(13)23/h7-8,10-12,14H,6,9H2,1-5H3,(H,26,27)(H2,19,20,21). The number of anilines is 1. The average Bonchev–Trinajstić information content (AvgIpc) is 3.07. The molecule has 2 heterocycles. The van der Waals surface area contributed by atoms with Crippen LogP contribution in [0, 0.1) is 0 Å². The molecule has 3 N–H and O–H groups in total. The van der Waals surface area contributed by atoms with Crippen LogP contribution in [0.2, 0.25) is 0 Å². The lowest BCUT2D eigenvalue weighted by Gasteiger charge is -2.22. The third-order valence-electron chi connectivity index (χ3n) is 3.81. The highest BCUT2D eigenvalue weighted by Crippen LogP contribution is 2.44. The molecule has 2 atom stereocenters. The minimum Gasteiger partial charge on any atom is -0.461 e. The van der Waals surface area contributed by atoms with Crippen molar-refractivity contribution in [3.63, 3.8) is 0 Å². The van der Waals surface area contributed by atoms with Crippen molar-refractivity contribution >= 4 is 36.5 Å². The summed E-state index contributed by atoms with van der Waals surface area (Å²) in [7, 11) is -4.54. The Bertz CT molecular complexity index is 973. The predicted molar refractivity (Wildman–Crippen MR) is 112 cm³/mol. The number of esters is 2. The van der Waals surface area contributed by atoms with Gasteiger partial charge in [-0.15, -0.1) is 0 Å². The normalized spacial score (nSPS) is 14.7. The van der Waals surface area contributed by atoms with E-state index in [1.54, 1.807) is 39.2 Å². The molecule has 14 heteroatoms. The number of nitrogens with zero attached hydrogens (tertiary/aromatic N) is 4. The fourth-order valence-corrected chi connectivity index (χ4v) is 3.55. The van der Waals surface area contributed by atoms with Gasteiger partial charge in [-0.1, -0.05) is 0 Å². The molecule has 0 saturated heterocycles. The van der Waals surface area contributed by atoms with Gasteiger partial charge in [0, 0.05) is 0 Å². The van der Waals surface area contributed by atoms with Crippen LogP contribution in [-0.4, -0.2) is 67.1 Å². The van der Waals surface area contributed by atoms with E-state index in [-0.39, 0.29) is 12.4 Å². The van der Waals surface area contributed by atoms with Gasteiger partial charge in [-0.05, 0) is 34.6 Å². The first-order valence-electron chi connectivity index (χ1n) is 9.83. The molecule has 2 aromatic heterocycles. The number of hydrogen-bond acceptors (Lipinski definition) is 11. The Morgan fingerprint density at radius 2 is 1.69 bits per heavy atom. The van der Waals surface area contributed by atoms with E-state index in [1.807, 2.05) is 0 Å². The zero-order valence-corrected chi connectivity index (χ0v) is 19.4. The van der Waals surface area contributed by atoms with Crippen molar-refractivity contribution in [2.45, 2.75) is 65.6 Å². The first-order valence-corrected chi connectivity index (χ1v) is 11.6. The number of fused-ring (bicyclic) bond motifs is 1. The summed E-state index contributed by atoms with van der Waals surface area (Å²) in [5, 5.41) is 0. The SMILES string of the molecule is CC(C)OC(=O)C(OP(=O)(O)COC(C)Cn1cnc2c(N)ncnc21)C(=O)OC(C)C. The summed E-state index contributed by atoms with van der Waals surface area (Å²) >= 11 is 0. The molecule has 2 rings (SSSR count). The Labute approximate surface area is 184 Å². The van der Waals surface area contributed by atoms with E-state index in [0.29, 0.717) is 11.2 Å². The second-order valence-corrected chi connectivity index (χ2v) is 9.27. The third-order valence-corrected chi connectivity index (χ3v) is 4.82. The van der Waals surface area contributed by atoms with E-state index in [0.717, 1.165) is 0 Å². The molecule has 0 amide bonds. The van der Waals surface area contributed by atoms with Crippen LogP contribution in [0.25, 0.3) is 11.2 Å². The van der Waals surface area contributed by atoms with E-state index < -0.39 is 50.3 Å². The maximum absolute atomic E-state index is 12.5. The Kier molecular flexibility index (Phi) is 8.67. The fourth-order valence-electron chi connectivity index (χ4n) is 2.55. The fraction of sp³-hybridized carbons (Fsp3) is 0.611. The van der Waals surface area contributed by atoms with Gasteiger partial charge in [0.15, 0.2) is 11.5 Å². The Hall–Kier alpha value is -2.60. The number of hydrogen-bond donors (Lipinski definition) is 2. The molecule has 13 nitrogen and oxygen atoms in total. The van der Waals surface area contributed by atoms with Crippen LogP contribution >= 0.6 is 7.60 Å². The van der Waals surface area contributed by atoms with Crippen LogP contribution in [0.3, 0.4) is 0 Å². The molecule has 2 aromatic rings. The van der Waals surface area contributed by atoms with Crippen LogP contribution in [0.15, 0.2) is 12.7 Å². The third kappa shape index (κ3) is 7.23. The summed E-state index contributed by atoms with van der Waals surface area (Å²) < 4.78 is 34.4. The second kappa shape index (κ2) is 10.8. The molecule has 0 fully saturated rings. The minimum absolute atomic E-state index is 0.223. The molecule has 0 spiro atoms. The van der Waals surface area contributed by atoms with Gasteiger partial charge in [0.25, 0.3) is 6.10 Å². The molecule has 0 bridgehead atoms. The Morgan fingerprint density at radius 1 is 1.09 bits per heavy atom. The summed E-state index contributed by atoms with van der Waals surface area (Å²) in [5.41, 5.74) is 6.65. The largest absolute Gasteiger partial charge is 0.461 e. The van der Waals surface area contributed by atoms with Gasteiger partial charge in [0.2, 0.25) is 0 Å². The number of ether oxygens (including phenoxy) is 3. The molecule has 2 unspecified atom stereocenters. The number of nitrogen functional groups attached to an aromatic ring is 1. The van der Waals surface area contributed by atoms with Crippen molar-refractivity contribution in [1.29, 1.82) is 0 Å². The highest BCUT2D eigenvalue weighted by Gasteiger charge is 2.39. The molecule has 0 saturated carbocycles. The highest BCUT2D eigenvalue weighted by atomic mass is 31.2. The smallest absolute Gasteiger partial charge is 0.354 e. The molecular weight excluding hydrogens is 445 g/mol. The van der Waals surface area contributed by atoms with Gasteiger partial charge in [-0.2, -0.15) is 0 Å². The van der Waals surface area contributed by atoms with Crippen LogP contribution in [-0.2, 0) is 39.4 Å². The lowest BCUT2D eigenvalue weighted by Crippen LogP contribution is -2.38. The van der Waals surface area contributed by atoms with Gasteiger partial charge in [-0.25, -0.2) is 24.5 Å². The van der Waals surface area contributed by atoms with Crippen molar-refractivity contribution in [2.75, 3.05) is 12.1 Å². The molecule has 0 aromatic carbocycles. The zero-order chi connectivity index (χ0) is 24.1. The topological polar surface area (TPSA) is 178 Å². The van der Waals surface area contributed by atoms with Crippen molar-refractivity contribution in [3.8, 4) is 0 Å². The number of aromatic nitrogens is 4. The van der Waals surface area contributed by atoms with Gasteiger partial charge in [0.05, 0.1) is 31.2 Å². The Morgan fingerprint density at radius 3 is 2.25 bits per heavy atom. The van der Waals surface area contributed by atoms with Crippen LogP contribution < -0.4 is 5.73 Å². The summed E-state index contributed by atoms with van der Waals surface area (Å²) in [4.78, 5) is 46.7. The monoisotopic (exact) mass is 473 g/mol. The molecule has 178 valence electrons. The van der Waals surface area contributed by atoms with E-state index >= 15 is 0 Å². The predicted octanol–water partition coefficient (Wildman–Crippen LogP) is 1.24. The average molecular weight is 473 g/mol. The summed E-state index contributed by atoms with van der Waals surface area (Å²) in [6, 6.07) is 0. The molecule has 32 heavy (non-hydrogen) atoms. The van der Waals surface area contributed by atoms with Crippen molar-refractivity contribution in [1.82, 2.24) is 19.5 Å². The quantitative estimate of drug-likeness (QED) is 0.271. The minimum atomic E-state index is -4.54. The van der Waals surface area contributed by atoms with Crippen LogP contribution in [0.1, 0.15) is 34.6 Å². The number of carbonyl (C=O) groups excluding carboxylic acids is 2. The Balaban J connectivity index is 2.02. The highest BCUT2D eigenvalue weighted by molar-refractivity contribution is 7.52. The first-order chi connectivity index (χ1) is 14.9. The number of rotatable bonds is 11. The molecule has 0 radical (unpaired) electrons. The number of nitrogens with two attached hydrogens (primary N) is 1. The lowest BCUT2D eigenvalue weighted by molar-refractivity contribution is -0.171. The van der Waals surface area contributed by atoms with Gasteiger partial charge < -0.3 is 29.4 Å². The summed E-state index contributed by atoms with van der Waals surface area (Å²) in [6.07, 6.45) is -1.74. The summed E-state index contributed by atoms with van der Waals surface area (Å²) in [6.45, 7) is 8.11. The molecular formula is C18H28N5O8P. The molecule has 0 aliphatic carbocycles. The van der Waals surface area contributed by atoms with E-state index in [1.165, 1.54) is 12.7 Å². The zero-order valence-electron chi connectivity index (χ0n) is 18.5. The maximum Gasteiger partial charge on any atom is 0.354 e. The number of carbonyl (C=O) groups is 2. The van der Waals surface area contributed by atoms with E-state index in [9.17, 15) is 19.0 Å². The first kappa shape index (κ1) is 25.7.